The average Bonchev–Trinajstić information content (AvgIpc) is 2.69. The highest BCUT2D eigenvalue weighted by Gasteiger charge is 2.16. The fourth-order valence-corrected chi connectivity index (χ4v) is 2.03. The first-order valence-corrected chi connectivity index (χ1v) is 6.27. The fraction of sp³-hybridized carbons (Fsp3) is 0.818. The molecule has 2 rings (SSSR count). The van der Waals surface area contributed by atoms with Crippen molar-refractivity contribution in [1.82, 2.24) is 19.7 Å². The van der Waals surface area contributed by atoms with Crippen molar-refractivity contribution in [3.05, 3.63) is 0 Å². The Morgan fingerprint density at radius 1 is 1.24 bits per heavy atom. The molecule has 17 heavy (non-hydrogen) atoms. The van der Waals surface area contributed by atoms with E-state index in [4.69, 9.17) is 5.73 Å². The van der Waals surface area contributed by atoms with Crippen molar-refractivity contribution in [2.24, 2.45) is 0 Å². The molecule has 1 aromatic rings. The van der Waals surface area contributed by atoms with Gasteiger partial charge in [-0.3, -0.25) is 0 Å². The van der Waals surface area contributed by atoms with Crippen molar-refractivity contribution in [3.63, 3.8) is 0 Å². The zero-order valence-electron chi connectivity index (χ0n) is 10.8. The molecule has 1 fully saturated rings. The van der Waals surface area contributed by atoms with Crippen LogP contribution < -0.4 is 10.6 Å². The number of anilines is 2. The van der Waals surface area contributed by atoms with Gasteiger partial charge in [0, 0.05) is 19.6 Å². The fourth-order valence-electron chi connectivity index (χ4n) is 2.03. The third-order valence-electron chi connectivity index (χ3n) is 3.09. The number of nitrogens with zero attached hydrogens (tertiary/aromatic N) is 5. The number of nitrogen functional groups attached to an aromatic ring is 1. The van der Waals surface area contributed by atoms with Gasteiger partial charge in [0.1, 0.15) is 0 Å². The number of nitrogens with two attached hydrogens (primary N) is 1. The van der Waals surface area contributed by atoms with E-state index in [-0.39, 0.29) is 0 Å². The van der Waals surface area contributed by atoms with Crippen LogP contribution in [0.5, 0.6) is 0 Å². The maximum atomic E-state index is 5.88. The van der Waals surface area contributed by atoms with Crippen LogP contribution in [0.3, 0.4) is 0 Å². The first-order valence-electron chi connectivity index (χ1n) is 6.27. The monoisotopic (exact) mass is 238 g/mol. The van der Waals surface area contributed by atoms with Crippen LogP contribution in [0.25, 0.3) is 0 Å². The minimum atomic E-state index is 0.521. The average molecular weight is 238 g/mol. The topological polar surface area (TPSA) is 63.2 Å². The number of rotatable bonds is 4. The van der Waals surface area contributed by atoms with Gasteiger partial charge in [-0.05, 0) is 33.4 Å². The highest BCUT2D eigenvalue weighted by molar-refractivity contribution is 5.35. The smallest absolute Gasteiger partial charge is 0.246 e. The lowest BCUT2D eigenvalue weighted by Gasteiger charge is -2.24. The van der Waals surface area contributed by atoms with Gasteiger partial charge in [0.05, 0.1) is 6.54 Å². The predicted molar refractivity (Wildman–Crippen MR) is 69.1 cm³/mol. The van der Waals surface area contributed by atoms with Gasteiger partial charge < -0.3 is 15.5 Å². The minimum Gasteiger partial charge on any atom is -0.368 e. The summed E-state index contributed by atoms with van der Waals surface area (Å²) in [6.07, 6.45) is 3.77. The quantitative estimate of drug-likeness (QED) is 0.823. The summed E-state index contributed by atoms with van der Waals surface area (Å²) in [5.41, 5.74) is 5.88. The summed E-state index contributed by atoms with van der Waals surface area (Å²) in [5, 5.41) is 4.49. The molecule has 0 unspecified atom stereocenters. The van der Waals surface area contributed by atoms with Gasteiger partial charge >= 0.3 is 0 Å². The van der Waals surface area contributed by atoms with Gasteiger partial charge in [-0.25, -0.2) is 4.68 Å². The zero-order chi connectivity index (χ0) is 12.3. The largest absolute Gasteiger partial charge is 0.368 e. The van der Waals surface area contributed by atoms with E-state index >= 15 is 0 Å². The van der Waals surface area contributed by atoms with E-state index in [1.165, 1.54) is 19.3 Å². The Labute approximate surface area is 102 Å². The molecule has 1 saturated heterocycles. The van der Waals surface area contributed by atoms with Gasteiger partial charge in [0.25, 0.3) is 0 Å². The molecule has 0 atom stereocenters. The second-order valence-electron chi connectivity index (χ2n) is 4.84. The molecule has 1 aliphatic heterocycles. The number of piperidine rings is 1. The second kappa shape index (κ2) is 5.35. The minimum absolute atomic E-state index is 0.521. The van der Waals surface area contributed by atoms with Crippen LogP contribution in [-0.4, -0.2) is 53.4 Å². The van der Waals surface area contributed by atoms with Crippen LogP contribution >= 0.6 is 0 Å². The second-order valence-corrected chi connectivity index (χ2v) is 4.84. The molecule has 0 bridgehead atoms. The van der Waals surface area contributed by atoms with E-state index < -0.39 is 0 Å². The van der Waals surface area contributed by atoms with Crippen LogP contribution in [-0.2, 0) is 6.54 Å². The van der Waals surface area contributed by atoms with Crippen molar-refractivity contribution < 1.29 is 0 Å². The summed E-state index contributed by atoms with van der Waals surface area (Å²) in [7, 11) is 4.08. The highest BCUT2D eigenvalue weighted by Crippen LogP contribution is 2.16. The van der Waals surface area contributed by atoms with E-state index in [0.717, 1.165) is 32.1 Å². The standard InChI is InChI=1S/C11H22N6/c1-15(2)8-9-17-10(12)13-11(14-17)16-6-4-3-5-7-16/h3-9H2,1-2H3,(H2,12,13,14). The molecule has 0 aromatic carbocycles. The van der Waals surface area contributed by atoms with Crippen LogP contribution in [0.1, 0.15) is 19.3 Å². The van der Waals surface area contributed by atoms with Gasteiger partial charge in [0.15, 0.2) is 0 Å². The Morgan fingerprint density at radius 3 is 2.59 bits per heavy atom. The molecule has 6 nitrogen and oxygen atoms in total. The van der Waals surface area contributed by atoms with E-state index in [1.54, 1.807) is 4.68 Å². The normalized spacial score (nSPS) is 16.8. The molecule has 0 saturated carbocycles. The Bertz CT molecular complexity index is 353. The Hall–Kier alpha value is -1.30. The van der Waals surface area contributed by atoms with E-state index in [9.17, 15) is 0 Å². The maximum Gasteiger partial charge on any atom is 0.246 e. The Kier molecular flexibility index (Phi) is 3.83. The number of hydrogen-bond acceptors (Lipinski definition) is 5. The zero-order valence-corrected chi connectivity index (χ0v) is 10.8. The number of hydrogen-bond donors (Lipinski definition) is 1. The van der Waals surface area contributed by atoms with Crippen molar-refractivity contribution in [1.29, 1.82) is 0 Å². The third-order valence-corrected chi connectivity index (χ3v) is 3.09. The van der Waals surface area contributed by atoms with Crippen molar-refractivity contribution >= 4 is 11.9 Å². The van der Waals surface area contributed by atoms with Crippen molar-refractivity contribution in [3.8, 4) is 0 Å². The predicted octanol–water partition coefficient (Wildman–Crippen LogP) is 0.412. The number of aromatic nitrogens is 3. The Balaban J connectivity index is 2.01. The summed E-state index contributed by atoms with van der Waals surface area (Å²) < 4.78 is 1.80. The summed E-state index contributed by atoms with van der Waals surface area (Å²) in [5.74, 6) is 1.31. The van der Waals surface area contributed by atoms with Crippen LogP contribution in [0.2, 0.25) is 0 Å². The molecule has 1 aliphatic rings. The molecule has 2 heterocycles. The lowest BCUT2D eigenvalue weighted by atomic mass is 10.1. The molecule has 6 heteroatoms. The molecule has 1 aromatic heterocycles. The maximum absolute atomic E-state index is 5.88. The van der Waals surface area contributed by atoms with Gasteiger partial charge in [-0.15, -0.1) is 5.10 Å². The van der Waals surface area contributed by atoms with E-state index in [2.05, 4.69) is 19.9 Å². The van der Waals surface area contributed by atoms with Crippen LogP contribution in [0.4, 0.5) is 11.9 Å². The third kappa shape index (κ3) is 3.09. The van der Waals surface area contributed by atoms with Gasteiger partial charge in [-0.1, -0.05) is 0 Å². The molecule has 0 amide bonds. The first kappa shape index (κ1) is 12.2. The molecule has 0 aliphatic carbocycles. The summed E-state index contributed by atoms with van der Waals surface area (Å²) >= 11 is 0. The summed E-state index contributed by atoms with van der Waals surface area (Å²) in [6, 6.07) is 0. The summed E-state index contributed by atoms with van der Waals surface area (Å²) in [4.78, 5) is 8.69. The Morgan fingerprint density at radius 2 is 1.94 bits per heavy atom. The molecule has 0 spiro atoms. The number of likely N-dealkylation sites (N-methyl/N-ethyl adjacent to an activating group) is 1. The lowest BCUT2D eigenvalue weighted by molar-refractivity contribution is 0.374. The molecular weight excluding hydrogens is 216 g/mol. The van der Waals surface area contributed by atoms with Gasteiger partial charge in [0.2, 0.25) is 11.9 Å². The lowest BCUT2D eigenvalue weighted by Crippen LogP contribution is -2.30. The molecule has 0 radical (unpaired) electrons. The SMILES string of the molecule is CN(C)CCn1nc(N2CCCCC2)nc1N. The summed E-state index contributed by atoms with van der Waals surface area (Å²) in [6.45, 7) is 3.82. The van der Waals surface area contributed by atoms with Crippen molar-refractivity contribution in [2.45, 2.75) is 25.8 Å². The molecule has 2 N–H and O–H groups in total. The van der Waals surface area contributed by atoms with Gasteiger partial charge in [-0.2, -0.15) is 4.98 Å². The van der Waals surface area contributed by atoms with E-state index in [0.29, 0.717) is 5.95 Å². The highest BCUT2D eigenvalue weighted by atomic mass is 15.5. The molecular formula is C11H22N6. The van der Waals surface area contributed by atoms with E-state index in [1.807, 2.05) is 14.1 Å². The van der Waals surface area contributed by atoms with Crippen LogP contribution in [0.15, 0.2) is 0 Å². The first-order chi connectivity index (χ1) is 8.16. The van der Waals surface area contributed by atoms with Crippen molar-refractivity contribution in [2.75, 3.05) is 44.4 Å². The molecule has 96 valence electrons. The van der Waals surface area contributed by atoms with Crippen LogP contribution in [0, 0.1) is 0 Å².